The molecular formula is C25H34O4. The lowest BCUT2D eigenvalue weighted by molar-refractivity contribution is -0.143. The lowest BCUT2D eigenvalue weighted by Crippen LogP contribution is -2.22. The molecule has 0 aliphatic rings. The van der Waals surface area contributed by atoms with Crippen molar-refractivity contribution >= 4 is 5.97 Å². The lowest BCUT2D eigenvalue weighted by Gasteiger charge is -2.21. The monoisotopic (exact) mass is 398 g/mol. The first-order chi connectivity index (χ1) is 13.5. The molecule has 0 fully saturated rings. The van der Waals surface area contributed by atoms with E-state index in [9.17, 15) is 4.79 Å². The Bertz CT molecular complexity index is 762. The molecule has 4 heteroatoms. The van der Waals surface area contributed by atoms with E-state index in [1.54, 1.807) is 0 Å². The van der Waals surface area contributed by atoms with Crippen LogP contribution >= 0.6 is 0 Å². The molecular weight excluding hydrogens is 364 g/mol. The van der Waals surface area contributed by atoms with Gasteiger partial charge >= 0.3 is 5.97 Å². The fourth-order valence-electron chi connectivity index (χ4n) is 2.76. The molecule has 0 bridgehead atoms. The van der Waals surface area contributed by atoms with Gasteiger partial charge in [0.1, 0.15) is 22.7 Å². The van der Waals surface area contributed by atoms with Crippen LogP contribution in [0.2, 0.25) is 0 Å². The topological polar surface area (TPSA) is 44.8 Å². The second-order valence-corrected chi connectivity index (χ2v) is 9.19. The van der Waals surface area contributed by atoms with Crippen LogP contribution in [0.4, 0.5) is 0 Å². The van der Waals surface area contributed by atoms with Gasteiger partial charge in [0, 0.05) is 12.8 Å². The van der Waals surface area contributed by atoms with E-state index in [-0.39, 0.29) is 17.2 Å². The van der Waals surface area contributed by atoms with Crippen LogP contribution in [0.3, 0.4) is 0 Å². The molecule has 29 heavy (non-hydrogen) atoms. The predicted molar refractivity (Wildman–Crippen MR) is 117 cm³/mol. The summed E-state index contributed by atoms with van der Waals surface area (Å²) in [5.41, 5.74) is 1.79. The zero-order valence-corrected chi connectivity index (χ0v) is 18.6. The SMILES string of the molecule is CC(C)(C)Oc1ccc(CCOC(=O)CCc2ccc(OC(C)(C)C)cc2)cc1. The van der Waals surface area contributed by atoms with Crippen molar-refractivity contribution in [2.24, 2.45) is 0 Å². The van der Waals surface area contributed by atoms with E-state index in [4.69, 9.17) is 14.2 Å². The Morgan fingerprint density at radius 1 is 0.690 bits per heavy atom. The maximum Gasteiger partial charge on any atom is 0.306 e. The first kappa shape index (κ1) is 22.8. The van der Waals surface area contributed by atoms with E-state index < -0.39 is 0 Å². The summed E-state index contributed by atoms with van der Waals surface area (Å²) in [6.07, 6.45) is 1.73. The zero-order valence-electron chi connectivity index (χ0n) is 18.6. The molecule has 0 aliphatic carbocycles. The van der Waals surface area contributed by atoms with Gasteiger partial charge in [0.25, 0.3) is 0 Å². The Balaban J connectivity index is 1.69. The Labute approximate surface area is 175 Å². The molecule has 0 saturated carbocycles. The number of esters is 1. The van der Waals surface area contributed by atoms with Gasteiger partial charge in [-0.15, -0.1) is 0 Å². The van der Waals surface area contributed by atoms with Crippen LogP contribution in [-0.4, -0.2) is 23.8 Å². The second-order valence-electron chi connectivity index (χ2n) is 9.19. The molecule has 158 valence electrons. The molecule has 0 heterocycles. The van der Waals surface area contributed by atoms with Gasteiger partial charge in [-0.1, -0.05) is 24.3 Å². The van der Waals surface area contributed by atoms with Crippen LogP contribution in [0.25, 0.3) is 0 Å². The smallest absolute Gasteiger partial charge is 0.306 e. The van der Waals surface area contributed by atoms with Crippen LogP contribution in [-0.2, 0) is 22.4 Å². The van der Waals surface area contributed by atoms with Gasteiger partial charge in [0.15, 0.2) is 0 Å². The van der Waals surface area contributed by atoms with Crippen molar-refractivity contribution < 1.29 is 19.0 Å². The molecule has 0 aromatic heterocycles. The van der Waals surface area contributed by atoms with E-state index >= 15 is 0 Å². The first-order valence-electron chi connectivity index (χ1n) is 10.2. The Morgan fingerprint density at radius 3 is 1.52 bits per heavy atom. The highest BCUT2D eigenvalue weighted by Gasteiger charge is 2.12. The van der Waals surface area contributed by atoms with Gasteiger partial charge in [-0.3, -0.25) is 4.79 Å². The van der Waals surface area contributed by atoms with E-state index in [1.165, 1.54) is 0 Å². The van der Waals surface area contributed by atoms with Gasteiger partial charge < -0.3 is 14.2 Å². The zero-order chi connectivity index (χ0) is 21.5. The minimum absolute atomic E-state index is 0.173. The molecule has 0 spiro atoms. The van der Waals surface area contributed by atoms with Gasteiger partial charge in [-0.2, -0.15) is 0 Å². The predicted octanol–water partition coefficient (Wildman–Crippen LogP) is 5.76. The third-order valence-corrected chi connectivity index (χ3v) is 3.97. The molecule has 2 rings (SSSR count). The Kier molecular flexibility index (Phi) is 7.72. The highest BCUT2D eigenvalue weighted by Crippen LogP contribution is 2.20. The lowest BCUT2D eigenvalue weighted by atomic mass is 10.1. The summed E-state index contributed by atoms with van der Waals surface area (Å²) < 4.78 is 17.0. The molecule has 0 atom stereocenters. The molecule has 0 saturated heterocycles. The van der Waals surface area contributed by atoms with Gasteiger partial charge in [0.05, 0.1) is 6.61 Å². The van der Waals surface area contributed by atoms with Crippen LogP contribution in [0.1, 0.15) is 59.1 Å². The van der Waals surface area contributed by atoms with Crippen LogP contribution in [0, 0.1) is 0 Å². The normalized spacial score (nSPS) is 11.8. The second kappa shape index (κ2) is 9.82. The minimum Gasteiger partial charge on any atom is -0.488 e. The average Bonchev–Trinajstić information content (AvgIpc) is 2.60. The fourth-order valence-corrected chi connectivity index (χ4v) is 2.76. The van der Waals surface area contributed by atoms with E-state index in [0.717, 1.165) is 22.6 Å². The highest BCUT2D eigenvalue weighted by atomic mass is 16.5. The number of benzene rings is 2. The average molecular weight is 399 g/mol. The minimum atomic E-state index is -0.217. The third kappa shape index (κ3) is 9.51. The largest absolute Gasteiger partial charge is 0.488 e. The molecule has 0 amide bonds. The van der Waals surface area contributed by atoms with Crippen LogP contribution in [0.5, 0.6) is 11.5 Å². The van der Waals surface area contributed by atoms with Gasteiger partial charge in [-0.05, 0) is 83.4 Å². The number of hydrogen-bond acceptors (Lipinski definition) is 4. The van der Waals surface area contributed by atoms with Crippen molar-refractivity contribution in [3.63, 3.8) is 0 Å². The van der Waals surface area contributed by atoms with Crippen LogP contribution in [0.15, 0.2) is 48.5 Å². The molecule has 4 nitrogen and oxygen atoms in total. The summed E-state index contributed by atoms with van der Waals surface area (Å²) in [6.45, 7) is 12.5. The molecule has 2 aromatic carbocycles. The third-order valence-electron chi connectivity index (χ3n) is 3.97. The van der Waals surface area contributed by atoms with Crippen molar-refractivity contribution in [3.05, 3.63) is 59.7 Å². The molecule has 0 unspecified atom stereocenters. The molecule has 2 aromatic rings. The number of hydrogen-bond donors (Lipinski definition) is 0. The maximum atomic E-state index is 12.0. The molecule has 0 radical (unpaired) electrons. The van der Waals surface area contributed by atoms with E-state index in [1.807, 2.05) is 90.1 Å². The first-order valence-corrected chi connectivity index (χ1v) is 10.2. The van der Waals surface area contributed by atoms with Gasteiger partial charge in [0.2, 0.25) is 0 Å². The summed E-state index contributed by atoms with van der Waals surface area (Å²) >= 11 is 0. The standard InChI is InChI=1S/C25H34O4/c1-24(2,3)28-21-12-7-19(8-13-21)11-16-23(26)27-18-17-20-9-14-22(15-10-20)29-25(4,5)6/h7-10,12-15H,11,16-18H2,1-6H3. The Hall–Kier alpha value is -2.49. The van der Waals surface area contributed by atoms with Crippen molar-refractivity contribution in [2.45, 2.75) is 72.0 Å². The maximum absolute atomic E-state index is 12.0. The summed E-state index contributed by atoms with van der Waals surface area (Å²) in [6, 6.07) is 15.8. The van der Waals surface area contributed by atoms with Crippen LogP contribution < -0.4 is 9.47 Å². The highest BCUT2D eigenvalue weighted by molar-refractivity contribution is 5.69. The van der Waals surface area contributed by atoms with Gasteiger partial charge in [-0.25, -0.2) is 0 Å². The van der Waals surface area contributed by atoms with Crippen molar-refractivity contribution in [1.82, 2.24) is 0 Å². The van der Waals surface area contributed by atoms with Crippen molar-refractivity contribution in [2.75, 3.05) is 6.61 Å². The number of carbonyl (C=O) groups is 1. The summed E-state index contributed by atoms with van der Waals surface area (Å²) in [5.74, 6) is 1.51. The molecule has 0 aliphatic heterocycles. The number of aryl methyl sites for hydroxylation is 1. The van der Waals surface area contributed by atoms with Crippen molar-refractivity contribution in [1.29, 1.82) is 0 Å². The number of carbonyl (C=O) groups excluding carboxylic acids is 1. The fraction of sp³-hybridized carbons (Fsp3) is 0.480. The number of rotatable bonds is 8. The summed E-state index contributed by atoms with van der Waals surface area (Å²) in [5, 5.41) is 0. The van der Waals surface area contributed by atoms with E-state index in [0.29, 0.717) is 25.9 Å². The Morgan fingerprint density at radius 2 is 1.10 bits per heavy atom. The van der Waals surface area contributed by atoms with Crippen molar-refractivity contribution in [3.8, 4) is 11.5 Å². The quantitative estimate of drug-likeness (QED) is 0.530. The van der Waals surface area contributed by atoms with E-state index in [2.05, 4.69) is 0 Å². The number of ether oxygens (including phenoxy) is 3. The molecule has 0 N–H and O–H groups in total. The summed E-state index contributed by atoms with van der Waals surface area (Å²) in [4.78, 5) is 12.0. The summed E-state index contributed by atoms with van der Waals surface area (Å²) in [7, 11) is 0.